The largest absolute Gasteiger partial charge is 0.330 e. The second-order valence-electron chi connectivity index (χ2n) is 5.85. The molecule has 25 heavy (non-hydrogen) atoms. The Morgan fingerprint density at radius 3 is 1.92 bits per heavy atom. The Morgan fingerprint density at radius 1 is 0.840 bits per heavy atom. The predicted octanol–water partition coefficient (Wildman–Crippen LogP) is 4.66. The predicted molar refractivity (Wildman–Crippen MR) is 104 cm³/mol. The lowest BCUT2D eigenvalue weighted by molar-refractivity contribution is 0.349. The number of hydrogen-bond acceptors (Lipinski definition) is 3. The summed E-state index contributed by atoms with van der Waals surface area (Å²) in [6.45, 7) is 3.88. The summed E-state index contributed by atoms with van der Waals surface area (Å²) in [6, 6.07) is 26.4. The Morgan fingerprint density at radius 2 is 1.40 bits per heavy atom. The zero-order valence-corrected chi connectivity index (χ0v) is 15.2. The highest BCUT2D eigenvalue weighted by atomic mass is 31.2. The van der Waals surface area contributed by atoms with Gasteiger partial charge in [-0.3, -0.25) is 4.57 Å². The zero-order valence-electron chi connectivity index (χ0n) is 14.3. The molecule has 0 amide bonds. The number of rotatable bonds is 5. The first-order valence-corrected chi connectivity index (χ1v) is 9.74. The van der Waals surface area contributed by atoms with Gasteiger partial charge in [-0.15, -0.1) is 0 Å². The van der Waals surface area contributed by atoms with Crippen LogP contribution in [-0.2, 0) is 9.19 Å². The third-order valence-corrected chi connectivity index (χ3v) is 6.19. The lowest BCUT2D eigenvalue weighted by Crippen LogP contribution is -2.17. The number of nitrogens with zero attached hydrogens (tertiary/aromatic N) is 1. The Kier molecular flexibility index (Phi) is 5.16. The second-order valence-corrected chi connectivity index (χ2v) is 8.15. The van der Waals surface area contributed by atoms with E-state index in [0.29, 0.717) is 16.3 Å². The highest BCUT2D eigenvalue weighted by molar-refractivity contribution is 7.74. The van der Waals surface area contributed by atoms with Crippen LogP contribution in [0.1, 0.15) is 18.1 Å². The molecule has 3 aromatic carbocycles. The number of oxime groups is 1. The highest BCUT2D eigenvalue weighted by Gasteiger charge is 2.30. The summed E-state index contributed by atoms with van der Waals surface area (Å²) >= 11 is 0. The molecule has 0 bridgehead atoms. The highest BCUT2D eigenvalue weighted by Crippen LogP contribution is 2.44. The van der Waals surface area contributed by atoms with Crippen LogP contribution in [0.5, 0.6) is 0 Å². The van der Waals surface area contributed by atoms with Gasteiger partial charge < -0.3 is 4.62 Å². The monoisotopic (exact) mass is 349 g/mol. The van der Waals surface area contributed by atoms with Crippen molar-refractivity contribution in [3.8, 4) is 0 Å². The molecule has 0 saturated heterocycles. The molecule has 0 heterocycles. The lowest BCUT2D eigenvalue weighted by Gasteiger charge is -2.17. The van der Waals surface area contributed by atoms with Gasteiger partial charge in [-0.25, -0.2) is 0 Å². The Hall–Kier alpha value is -2.64. The molecule has 3 rings (SSSR count). The van der Waals surface area contributed by atoms with Crippen LogP contribution in [0.25, 0.3) is 0 Å². The first-order valence-electron chi connectivity index (χ1n) is 8.11. The van der Waals surface area contributed by atoms with Crippen LogP contribution in [-0.4, -0.2) is 5.71 Å². The summed E-state index contributed by atoms with van der Waals surface area (Å²) in [6.07, 6.45) is 0. The molecule has 0 spiro atoms. The molecule has 0 atom stereocenters. The van der Waals surface area contributed by atoms with Gasteiger partial charge in [0.05, 0.1) is 16.3 Å². The maximum Gasteiger partial charge on any atom is 0.330 e. The summed E-state index contributed by atoms with van der Waals surface area (Å²) in [5.74, 6) is 0. The molecular formula is C21H20NO2P. The van der Waals surface area contributed by atoms with Crippen molar-refractivity contribution >= 4 is 23.7 Å². The van der Waals surface area contributed by atoms with E-state index in [1.807, 2.05) is 98.8 Å². The van der Waals surface area contributed by atoms with Crippen LogP contribution >= 0.6 is 7.37 Å². The van der Waals surface area contributed by atoms with Gasteiger partial charge >= 0.3 is 7.37 Å². The Balaban J connectivity index is 1.99. The van der Waals surface area contributed by atoms with E-state index in [0.717, 1.165) is 11.1 Å². The molecule has 0 unspecified atom stereocenters. The topological polar surface area (TPSA) is 38.7 Å². The average molecular weight is 349 g/mol. The molecular weight excluding hydrogens is 329 g/mol. The van der Waals surface area contributed by atoms with Gasteiger partial charge in [-0.2, -0.15) is 0 Å². The van der Waals surface area contributed by atoms with Crippen molar-refractivity contribution in [3.05, 3.63) is 96.1 Å². The van der Waals surface area contributed by atoms with E-state index in [4.69, 9.17) is 4.62 Å². The van der Waals surface area contributed by atoms with Gasteiger partial charge in [0.1, 0.15) is 0 Å². The minimum Gasteiger partial charge on any atom is -0.330 e. The minimum absolute atomic E-state index is 0.627. The van der Waals surface area contributed by atoms with E-state index in [-0.39, 0.29) is 0 Å². The SMILES string of the molecule is C/C(=N\OP(=O)(c1ccccc1)c1ccccc1)c1cccc(C)c1. The van der Waals surface area contributed by atoms with Crippen molar-refractivity contribution in [2.75, 3.05) is 0 Å². The molecule has 0 saturated carbocycles. The first-order chi connectivity index (χ1) is 12.1. The number of benzene rings is 3. The number of aryl methyl sites for hydroxylation is 1. The van der Waals surface area contributed by atoms with Crippen molar-refractivity contribution in [1.29, 1.82) is 0 Å². The van der Waals surface area contributed by atoms with Gasteiger partial charge in [-0.05, 0) is 43.7 Å². The summed E-state index contributed by atoms with van der Waals surface area (Å²) in [5.41, 5.74) is 2.78. The molecule has 0 N–H and O–H groups in total. The normalized spacial score (nSPS) is 12.0. The van der Waals surface area contributed by atoms with Gasteiger partial charge in [0.25, 0.3) is 0 Å². The molecule has 0 fully saturated rings. The average Bonchev–Trinajstić information content (AvgIpc) is 2.67. The molecule has 126 valence electrons. The fourth-order valence-electron chi connectivity index (χ4n) is 2.53. The van der Waals surface area contributed by atoms with Crippen LogP contribution in [0, 0.1) is 6.92 Å². The standard InChI is InChI=1S/C21H20NO2P/c1-17-10-9-11-19(16-17)18(2)22-24-25(23,20-12-5-3-6-13-20)21-14-7-4-8-15-21/h3-16H,1-2H3/b22-18+. The summed E-state index contributed by atoms with van der Waals surface area (Å²) < 4.78 is 19.4. The third-order valence-electron chi connectivity index (χ3n) is 3.92. The van der Waals surface area contributed by atoms with Crippen LogP contribution < -0.4 is 10.6 Å². The Bertz CT molecular complexity index is 877. The van der Waals surface area contributed by atoms with Crippen molar-refractivity contribution in [1.82, 2.24) is 0 Å². The molecule has 3 aromatic rings. The van der Waals surface area contributed by atoms with Gasteiger partial charge in [0.2, 0.25) is 0 Å². The van der Waals surface area contributed by atoms with Crippen molar-refractivity contribution in [3.63, 3.8) is 0 Å². The van der Waals surface area contributed by atoms with Crippen molar-refractivity contribution in [2.24, 2.45) is 5.16 Å². The van der Waals surface area contributed by atoms with E-state index >= 15 is 0 Å². The smallest absolute Gasteiger partial charge is 0.330 e. The summed E-state index contributed by atoms with van der Waals surface area (Å²) in [5, 5.41) is 5.47. The molecule has 0 aromatic heterocycles. The fraction of sp³-hybridized carbons (Fsp3) is 0.0952. The van der Waals surface area contributed by atoms with Gasteiger partial charge in [-0.1, -0.05) is 71.4 Å². The van der Waals surface area contributed by atoms with Gasteiger partial charge in [0.15, 0.2) is 0 Å². The lowest BCUT2D eigenvalue weighted by atomic mass is 10.1. The molecule has 0 aliphatic heterocycles. The van der Waals surface area contributed by atoms with Gasteiger partial charge in [0, 0.05) is 0 Å². The van der Waals surface area contributed by atoms with E-state index in [1.165, 1.54) is 0 Å². The third kappa shape index (κ3) is 3.89. The zero-order chi connectivity index (χ0) is 17.7. The molecule has 0 radical (unpaired) electrons. The minimum atomic E-state index is -3.30. The fourth-order valence-corrected chi connectivity index (χ4v) is 4.39. The van der Waals surface area contributed by atoms with Crippen LogP contribution in [0.4, 0.5) is 0 Å². The van der Waals surface area contributed by atoms with E-state index in [9.17, 15) is 4.57 Å². The number of hydrogen-bond donors (Lipinski definition) is 0. The summed E-state index contributed by atoms with van der Waals surface area (Å²) in [7, 11) is -3.30. The van der Waals surface area contributed by atoms with Crippen LogP contribution in [0.3, 0.4) is 0 Å². The molecule has 4 heteroatoms. The molecule has 0 aliphatic rings. The maximum absolute atomic E-state index is 13.7. The summed E-state index contributed by atoms with van der Waals surface area (Å²) in [4.78, 5) is 0. The molecule has 0 aliphatic carbocycles. The van der Waals surface area contributed by atoms with Crippen molar-refractivity contribution < 1.29 is 9.19 Å². The van der Waals surface area contributed by atoms with Crippen molar-refractivity contribution in [2.45, 2.75) is 13.8 Å². The second kappa shape index (κ2) is 7.50. The van der Waals surface area contributed by atoms with E-state index in [2.05, 4.69) is 5.16 Å². The van der Waals surface area contributed by atoms with E-state index < -0.39 is 7.37 Å². The van der Waals surface area contributed by atoms with Crippen LogP contribution in [0.2, 0.25) is 0 Å². The Labute approximate surface area is 148 Å². The quantitative estimate of drug-likeness (QED) is 0.382. The maximum atomic E-state index is 13.7. The van der Waals surface area contributed by atoms with E-state index in [1.54, 1.807) is 0 Å². The first kappa shape index (κ1) is 17.2. The van der Waals surface area contributed by atoms with Crippen LogP contribution in [0.15, 0.2) is 90.1 Å². The molecule has 3 nitrogen and oxygen atoms in total.